The van der Waals surface area contributed by atoms with E-state index in [1.165, 1.54) is 12.3 Å². The Morgan fingerprint density at radius 3 is 2.37 bits per heavy atom. The molecule has 5 rings (SSSR count). The minimum atomic E-state index is -1.69. The van der Waals surface area contributed by atoms with Crippen molar-refractivity contribution >= 4 is 17.9 Å². The zero-order valence-corrected chi connectivity index (χ0v) is 23.7. The van der Waals surface area contributed by atoms with E-state index in [0.717, 1.165) is 12.0 Å². The van der Waals surface area contributed by atoms with Gasteiger partial charge in [-0.05, 0) is 62.4 Å². The van der Waals surface area contributed by atoms with Gasteiger partial charge in [0.05, 0.1) is 11.1 Å². The van der Waals surface area contributed by atoms with E-state index >= 15 is 0 Å². The summed E-state index contributed by atoms with van der Waals surface area (Å²) in [7, 11) is 0. The first kappa shape index (κ1) is 28.5. The van der Waals surface area contributed by atoms with Crippen LogP contribution in [0.4, 0.5) is 0 Å². The molecule has 1 N–H and O–H groups in total. The molecule has 6 atom stereocenters. The number of hydrogen-bond donors (Lipinski definition) is 1. The van der Waals surface area contributed by atoms with Gasteiger partial charge in [-0.25, -0.2) is 14.4 Å². The van der Waals surface area contributed by atoms with Crippen LogP contribution in [0.15, 0.2) is 90.3 Å². The summed E-state index contributed by atoms with van der Waals surface area (Å²) in [6.45, 7) is 7.71. The smallest absolute Gasteiger partial charge is 0.340 e. The third-order valence-corrected chi connectivity index (χ3v) is 9.42. The molecule has 0 amide bonds. The number of hydrogen-bond acceptors (Lipinski definition) is 8. The molecular formula is C33H35NO7. The number of aromatic nitrogens is 1. The second-order valence-electron chi connectivity index (χ2n) is 11.6. The highest BCUT2D eigenvalue weighted by Gasteiger charge is 2.69. The van der Waals surface area contributed by atoms with Crippen molar-refractivity contribution in [2.75, 3.05) is 6.61 Å². The summed E-state index contributed by atoms with van der Waals surface area (Å²) in [5, 5.41) is 12.5. The van der Waals surface area contributed by atoms with Crippen LogP contribution in [-0.2, 0) is 19.0 Å². The Morgan fingerprint density at radius 1 is 1.02 bits per heavy atom. The third-order valence-electron chi connectivity index (χ3n) is 9.42. The highest BCUT2D eigenvalue weighted by Crippen LogP contribution is 2.63. The minimum Gasteiger partial charge on any atom is -0.458 e. The number of cyclic esters (lactones) is 1. The Balaban J connectivity index is 1.64. The predicted molar refractivity (Wildman–Crippen MR) is 151 cm³/mol. The molecule has 3 aliphatic rings. The van der Waals surface area contributed by atoms with Gasteiger partial charge in [0.15, 0.2) is 12.2 Å². The molecular weight excluding hydrogens is 522 g/mol. The number of nitrogens with zero attached hydrogens (tertiary/aromatic N) is 1. The number of rotatable bonds is 6. The number of benzene rings is 1. The number of allylic oxidation sites excluding steroid dienone is 1. The van der Waals surface area contributed by atoms with Crippen LogP contribution in [0.3, 0.4) is 0 Å². The summed E-state index contributed by atoms with van der Waals surface area (Å²) in [6, 6.07) is 11.8. The average Bonchev–Trinajstić information content (AvgIpc) is 3.39. The van der Waals surface area contributed by atoms with E-state index in [4.69, 9.17) is 14.2 Å². The minimum absolute atomic E-state index is 0.145. The van der Waals surface area contributed by atoms with E-state index in [1.54, 1.807) is 61.7 Å². The second-order valence-corrected chi connectivity index (χ2v) is 11.6. The SMILES string of the molecule is CC1=CCC[C@H]2[C@@]1(C)C(OC(=O)c1cccnc1)C(OC(=O)c1ccccc1)[C@](C)(O)[C@]2(C)C=CC1=CC(=O)OC1. The molecule has 1 aromatic heterocycles. The molecule has 1 fully saturated rings. The normalized spacial score (nSPS) is 32.9. The molecule has 0 bridgehead atoms. The quantitative estimate of drug-likeness (QED) is 0.300. The Bertz CT molecular complexity index is 1430. The molecule has 2 heterocycles. The van der Waals surface area contributed by atoms with Gasteiger partial charge in [-0.15, -0.1) is 0 Å². The van der Waals surface area contributed by atoms with Gasteiger partial charge in [-0.1, -0.05) is 55.8 Å². The van der Waals surface area contributed by atoms with Gasteiger partial charge in [0.1, 0.15) is 12.2 Å². The molecule has 214 valence electrons. The number of fused-ring (bicyclic) bond motifs is 1. The zero-order valence-electron chi connectivity index (χ0n) is 23.7. The number of aliphatic hydroxyl groups is 1. The second kappa shape index (κ2) is 10.7. The van der Waals surface area contributed by atoms with Gasteiger partial charge < -0.3 is 19.3 Å². The Labute approximate surface area is 239 Å². The predicted octanol–water partition coefficient (Wildman–Crippen LogP) is 5.01. The molecule has 8 heteroatoms. The molecule has 8 nitrogen and oxygen atoms in total. The number of carbonyl (C=O) groups excluding carboxylic acids is 3. The highest BCUT2D eigenvalue weighted by molar-refractivity contribution is 5.90. The fourth-order valence-corrected chi connectivity index (χ4v) is 6.71. The van der Waals surface area contributed by atoms with Crippen molar-refractivity contribution in [2.24, 2.45) is 16.7 Å². The summed E-state index contributed by atoms with van der Waals surface area (Å²) in [4.78, 5) is 42.7. The van der Waals surface area contributed by atoms with E-state index in [1.807, 2.05) is 26.8 Å². The Hall–Kier alpha value is -4.04. The van der Waals surface area contributed by atoms with Crippen molar-refractivity contribution in [3.05, 3.63) is 101 Å². The Kier molecular flexibility index (Phi) is 7.46. The standard InChI is InChI=1S/C33H35NO7/c1-21-10-8-14-25-31(2,16-15-22-18-26(35)39-20-22)33(4,38)28(41-29(36)23-11-6-5-7-12-23)27(32(21,25)3)40-30(37)24-13-9-17-34-19-24/h5-7,9-13,15-19,25,27-28,38H,8,14,20H2,1-4H3/t25-,27?,28?,31-,32+,33+/m1/s1. The third kappa shape index (κ3) is 4.90. The van der Waals surface area contributed by atoms with Crippen molar-refractivity contribution in [2.45, 2.75) is 58.3 Å². The summed E-state index contributed by atoms with van der Waals surface area (Å²) in [5.41, 5.74) is -1.25. The summed E-state index contributed by atoms with van der Waals surface area (Å²) < 4.78 is 17.5. The maximum Gasteiger partial charge on any atom is 0.340 e. The molecule has 41 heavy (non-hydrogen) atoms. The summed E-state index contributed by atoms with van der Waals surface area (Å²) in [5.74, 6) is -1.89. The van der Waals surface area contributed by atoms with Crippen molar-refractivity contribution in [3.8, 4) is 0 Å². The van der Waals surface area contributed by atoms with Crippen LogP contribution in [0.2, 0.25) is 0 Å². The van der Waals surface area contributed by atoms with Crippen LogP contribution >= 0.6 is 0 Å². The summed E-state index contributed by atoms with van der Waals surface area (Å²) >= 11 is 0. The van der Waals surface area contributed by atoms with Crippen LogP contribution in [0, 0.1) is 16.7 Å². The molecule has 2 aliphatic carbocycles. The van der Waals surface area contributed by atoms with Crippen LogP contribution in [0.5, 0.6) is 0 Å². The molecule has 1 saturated carbocycles. The fourth-order valence-electron chi connectivity index (χ4n) is 6.71. The highest BCUT2D eigenvalue weighted by atomic mass is 16.6. The first-order valence-corrected chi connectivity index (χ1v) is 13.8. The van der Waals surface area contributed by atoms with E-state index < -0.39 is 46.5 Å². The average molecular weight is 558 g/mol. The van der Waals surface area contributed by atoms with Crippen LogP contribution in [-0.4, -0.2) is 52.4 Å². The fraction of sp³-hybridized carbons (Fsp3) is 0.394. The lowest BCUT2D eigenvalue weighted by molar-refractivity contribution is -0.251. The number of carbonyl (C=O) groups is 3. The molecule has 2 aromatic rings. The molecule has 1 aliphatic heterocycles. The Morgan fingerprint density at radius 2 is 1.71 bits per heavy atom. The number of ether oxygens (including phenoxy) is 3. The van der Waals surface area contributed by atoms with E-state index in [-0.39, 0.29) is 18.1 Å². The lowest BCUT2D eigenvalue weighted by Crippen LogP contribution is -2.72. The lowest BCUT2D eigenvalue weighted by Gasteiger charge is -2.64. The zero-order chi connectivity index (χ0) is 29.4. The van der Waals surface area contributed by atoms with Crippen molar-refractivity contribution in [1.82, 2.24) is 4.98 Å². The van der Waals surface area contributed by atoms with Gasteiger partial charge in [-0.3, -0.25) is 4.98 Å². The molecule has 0 saturated heterocycles. The van der Waals surface area contributed by atoms with Crippen molar-refractivity contribution in [1.29, 1.82) is 0 Å². The summed E-state index contributed by atoms with van der Waals surface area (Å²) in [6.07, 6.45) is 9.42. The van der Waals surface area contributed by atoms with Gasteiger partial charge in [-0.2, -0.15) is 0 Å². The van der Waals surface area contributed by atoms with Gasteiger partial charge >= 0.3 is 17.9 Å². The first-order valence-electron chi connectivity index (χ1n) is 13.8. The van der Waals surface area contributed by atoms with Gasteiger partial charge in [0.25, 0.3) is 0 Å². The largest absolute Gasteiger partial charge is 0.458 e. The number of pyridine rings is 1. The molecule has 0 radical (unpaired) electrons. The molecule has 1 aromatic carbocycles. The number of esters is 3. The van der Waals surface area contributed by atoms with Crippen molar-refractivity contribution < 1.29 is 33.7 Å². The van der Waals surface area contributed by atoms with Crippen molar-refractivity contribution in [3.63, 3.8) is 0 Å². The van der Waals surface area contributed by atoms with E-state index in [0.29, 0.717) is 17.6 Å². The van der Waals surface area contributed by atoms with Crippen LogP contribution in [0.25, 0.3) is 0 Å². The van der Waals surface area contributed by atoms with E-state index in [9.17, 15) is 19.5 Å². The maximum atomic E-state index is 13.5. The van der Waals surface area contributed by atoms with Gasteiger partial charge in [0, 0.05) is 29.3 Å². The molecule has 2 unspecified atom stereocenters. The van der Waals surface area contributed by atoms with Crippen LogP contribution < -0.4 is 0 Å². The first-order chi connectivity index (χ1) is 19.5. The maximum absolute atomic E-state index is 13.5. The topological polar surface area (TPSA) is 112 Å². The van der Waals surface area contributed by atoms with Crippen LogP contribution in [0.1, 0.15) is 61.3 Å². The van der Waals surface area contributed by atoms with Gasteiger partial charge in [0.2, 0.25) is 0 Å². The monoisotopic (exact) mass is 557 g/mol. The van der Waals surface area contributed by atoms with E-state index in [2.05, 4.69) is 11.1 Å². The molecule has 0 spiro atoms. The lowest BCUT2D eigenvalue weighted by atomic mass is 9.44.